The summed E-state index contributed by atoms with van der Waals surface area (Å²) in [7, 11) is 4.45. The van der Waals surface area contributed by atoms with Crippen molar-refractivity contribution in [2.24, 2.45) is 0 Å². The van der Waals surface area contributed by atoms with Crippen LogP contribution in [0.2, 0.25) is 0 Å². The number of hydrogen-bond donors (Lipinski definition) is 2. The minimum absolute atomic E-state index is 0.289. The average Bonchev–Trinajstić information content (AvgIpc) is 3.06. The maximum absolute atomic E-state index is 14.0. The SMILES string of the molecule is COc1cc(-c2n[nH]c(C)c2NC(=O)c2ccc(F)cc2F)cc(OC)c1OC. The second-order valence-electron chi connectivity index (χ2n) is 6.06. The molecule has 152 valence electrons. The number of nitrogens with one attached hydrogen (secondary N) is 2. The van der Waals surface area contributed by atoms with Crippen LogP contribution in [0, 0.1) is 18.6 Å². The maximum atomic E-state index is 14.0. The van der Waals surface area contributed by atoms with Crippen molar-refractivity contribution < 1.29 is 27.8 Å². The molecule has 0 atom stereocenters. The number of aryl methyl sites for hydroxylation is 1. The number of halogens is 2. The van der Waals surface area contributed by atoms with Gasteiger partial charge in [0.05, 0.1) is 38.3 Å². The van der Waals surface area contributed by atoms with Gasteiger partial charge in [-0.1, -0.05) is 0 Å². The molecule has 0 aliphatic rings. The second-order valence-corrected chi connectivity index (χ2v) is 6.06. The molecule has 3 aromatic rings. The van der Waals surface area contributed by atoms with E-state index in [1.807, 2.05) is 0 Å². The highest BCUT2D eigenvalue weighted by atomic mass is 19.1. The number of amides is 1. The van der Waals surface area contributed by atoms with Gasteiger partial charge in [-0.05, 0) is 31.2 Å². The van der Waals surface area contributed by atoms with Crippen LogP contribution in [-0.2, 0) is 0 Å². The van der Waals surface area contributed by atoms with Gasteiger partial charge in [-0.3, -0.25) is 9.89 Å². The van der Waals surface area contributed by atoms with Crippen LogP contribution < -0.4 is 19.5 Å². The van der Waals surface area contributed by atoms with E-state index < -0.39 is 17.5 Å². The van der Waals surface area contributed by atoms with E-state index in [-0.39, 0.29) is 5.56 Å². The Bertz CT molecular complexity index is 1040. The summed E-state index contributed by atoms with van der Waals surface area (Å²) in [5.74, 6) is -1.24. The molecule has 0 bridgehead atoms. The molecular formula is C20H19F2N3O4. The number of aromatic amines is 1. The molecule has 0 spiro atoms. The summed E-state index contributed by atoms with van der Waals surface area (Å²) >= 11 is 0. The lowest BCUT2D eigenvalue weighted by molar-refractivity contribution is 0.102. The summed E-state index contributed by atoms with van der Waals surface area (Å²) in [4.78, 5) is 12.5. The summed E-state index contributed by atoms with van der Waals surface area (Å²) in [6.07, 6.45) is 0. The number of carbonyl (C=O) groups is 1. The summed E-state index contributed by atoms with van der Waals surface area (Å²) < 4.78 is 43.1. The Morgan fingerprint density at radius 3 is 2.24 bits per heavy atom. The van der Waals surface area contributed by atoms with Gasteiger partial charge in [-0.25, -0.2) is 8.78 Å². The molecule has 2 N–H and O–H groups in total. The highest BCUT2D eigenvalue weighted by molar-refractivity contribution is 6.06. The molecule has 0 saturated carbocycles. The van der Waals surface area contributed by atoms with Gasteiger partial charge in [0.15, 0.2) is 11.5 Å². The second kappa shape index (κ2) is 8.17. The van der Waals surface area contributed by atoms with E-state index in [1.165, 1.54) is 21.3 Å². The Hall–Kier alpha value is -3.62. The number of hydrogen-bond acceptors (Lipinski definition) is 5. The van der Waals surface area contributed by atoms with Crippen LogP contribution in [0.25, 0.3) is 11.3 Å². The van der Waals surface area contributed by atoms with Crippen LogP contribution >= 0.6 is 0 Å². The van der Waals surface area contributed by atoms with Crippen molar-refractivity contribution in [1.82, 2.24) is 10.2 Å². The van der Waals surface area contributed by atoms with Crippen LogP contribution in [0.15, 0.2) is 30.3 Å². The molecule has 2 aromatic carbocycles. The van der Waals surface area contributed by atoms with Crippen LogP contribution in [0.5, 0.6) is 17.2 Å². The molecule has 1 amide bonds. The zero-order chi connectivity index (χ0) is 21.1. The summed E-state index contributed by atoms with van der Waals surface area (Å²) in [5.41, 5.74) is 1.55. The zero-order valence-electron chi connectivity index (χ0n) is 16.2. The highest BCUT2D eigenvalue weighted by Gasteiger charge is 2.21. The summed E-state index contributed by atoms with van der Waals surface area (Å²) in [5, 5.41) is 9.65. The Morgan fingerprint density at radius 2 is 1.69 bits per heavy atom. The van der Waals surface area contributed by atoms with Crippen molar-refractivity contribution in [1.29, 1.82) is 0 Å². The molecule has 3 rings (SSSR count). The van der Waals surface area contributed by atoms with Gasteiger partial charge in [0.2, 0.25) is 5.75 Å². The van der Waals surface area contributed by atoms with E-state index in [9.17, 15) is 13.6 Å². The monoisotopic (exact) mass is 403 g/mol. The first kappa shape index (κ1) is 20.1. The molecule has 0 unspecified atom stereocenters. The minimum atomic E-state index is -0.960. The van der Waals surface area contributed by atoms with E-state index in [4.69, 9.17) is 14.2 Å². The largest absolute Gasteiger partial charge is 0.493 e. The van der Waals surface area contributed by atoms with E-state index in [0.29, 0.717) is 46.0 Å². The van der Waals surface area contributed by atoms with Crippen LogP contribution in [0.4, 0.5) is 14.5 Å². The van der Waals surface area contributed by atoms with Crippen LogP contribution in [0.1, 0.15) is 16.1 Å². The number of benzene rings is 2. The third-order valence-corrected chi connectivity index (χ3v) is 4.30. The lowest BCUT2D eigenvalue weighted by Gasteiger charge is -2.14. The van der Waals surface area contributed by atoms with Crippen molar-refractivity contribution in [3.8, 4) is 28.5 Å². The number of nitrogens with zero attached hydrogens (tertiary/aromatic N) is 1. The third kappa shape index (κ3) is 3.84. The number of H-pyrrole nitrogens is 1. The number of aromatic nitrogens is 2. The van der Waals surface area contributed by atoms with E-state index >= 15 is 0 Å². The highest BCUT2D eigenvalue weighted by Crippen LogP contribution is 2.42. The fourth-order valence-corrected chi connectivity index (χ4v) is 2.86. The van der Waals surface area contributed by atoms with Crippen LogP contribution in [0.3, 0.4) is 0 Å². The first-order valence-corrected chi connectivity index (χ1v) is 8.51. The first-order valence-electron chi connectivity index (χ1n) is 8.51. The van der Waals surface area contributed by atoms with Crippen molar-refractivity contribution in [2.45, 2.75) is 6.92 Å². The van der Waals surface area contributed by atoms with Gasteiger partial charge >= 0.3 is 0 Å². The lowest BCUT2D eigenvalue weighted by Crippen LogP contribution is -2.14. The summed E-state index contributed by atoms with van der Waals surface area (Å²) in [6.45, 7) is 1.70. The van der Waals surface area contributed by atoms with Crippen molar-refractivity contribution in [3.63, 3.8) is 0 Å². The fourth-order valence-electron chi connectivity index (χ4n) is 2.86. The number of rotatable bonds is 6. The molecule has 1 heterocycles. The number of ether oxygens (including phenoxy) is 3. The van der Waals surface area contributed by atoms with Crippen molar-refractivity contribution >= 4 is 11.6 Å². The van der Waals surface area contributed by atoms with E-state index in [2.05, 4.69) is 15.5 Å². The minimum Gasteiger partial charge on any atom is -0.493 e. The van der Waals surface area contributed by atoms with Gasteiger partial charge < -0.3 is 19.5 Å². The Morgan fingerprint density at radius 1 is 1.03 bits per heavy atom. The fraction of sp³-hybridized carbons (Fsp3) is 0.200. The molecule has 0 saturated heterocycles. The number of carbonyl (C=O) groups excluding carboxylic acids is 1. The predicted molar refractivity (Wildman–Crippen MR) is 103 cm³/mol. The van der Waals surface area contributed by atoms with E-state index in [0.717, 1.165) is 12.1 Å². The molecular weight excluding hydrogens is 384 g/mol. The zero-order valence-corrected chi connectivity index (χ0v) is 16.2. The lowest BCUT2D eigenvalue weighted by atomic mass is 10.1. The standard InChI is InChI=1S/C20H19F2N3O4/c1-10-17(23-20(26)13-6-5-12(21)9-14(13)22)18(25-24-10)11-7-15(27-2)19(29-4)16(8-11)28-3/h5-9H,1-4H3,(H,23,26)(H,24,25). The number of methoxy groups -OCH3 is 3. The molecule has 0 fully saturated rings. The molecule has 1 aromatic heterocycles. The van der Waals surface area contributed by atoms with Crippen molar-refractivity contribution in [3.05, 3.63) is 53.2 Å². The van der Waals surface area contributed by atoms with E-state index in [1.54, 1.807) is 19.1 Å². The average molecular weight is 403 g/mol. The molecule has 9 heteroatoms. The molecule has 29 heavy (non-hydrogen) atoms. The molecule has 0 aliphatic carbocycles. The Kier molecular flexibility index (Phi) is 5.67. The van der Waals surface area contributed by atoms with Gasteiger partial charge in [0, 0.05) is 11.6 Å². The summed E-state index contributed by atoms with van der Waals surface area (Å²) in [6, 6.07) is 6.09. The topological polar surface area (TPSA) is 85.5 Å². The molecule has 0 radical (unpaired) electrons. The number of anilines is 1. The van der Waals surface area contributed by atoms with Gasteiger partial charge in [0.1, 0.15) is 17.3 Å². The molecule has 0 aliphatic heterocycles. The van der Waals surface area contributed by atoms with Crippen LogP contribution in [-0.4, -0.2) is 37.4 Å². The molecule has 7 nitrogen and oxygen atoms in total. The smallest absolute Gasteiger partial charge is 0.258 e. The van der Waals surface area contributed by atoms with Crippen molar-refractivity contribution in [2.75, 3.05) is 26.6 Å². The normalized spacial score (nSPS) is 10.6. The third-order valence-electron chi connectivity index (χ3n) is 4.30. The van der Waals surface area contributed by atoms with Gasteiger partial charge in [-0.2, -0.15) is 5.10 Å². The van der Waals surface area contributed by atoms with Gasteiger partial charge in [0.25, 0.3) is 5.91 Å². The maximum Gasteiger partial charge on any atom is 0.258 e. The Labute approximate surface area is 165 Å². The Balaban J connectivity index is 2.03. The first-order chi connectivity index (χ1) is 13.9. The van der Waals surface area contributed by atoms with Gasteiger partial charge in [-0.15, -0.1) is 0 Å². The predicted octanol–water partition coefficient (Wildman–Crippen LogP) is 3.94. The quantitative estimate of drug-likeness (QED) is 0.651.